The number of aromatic nitrogens is 1. The van der Waals surface area contributed by atoms with Crippen molar-refractivity contribution in [2.24, 2.45) is 0 Å². The van der Waals surface area contributed by atoms with Crippen LogP contribution in [0.4, 0.5) is 5.69 Å². The van der Waals surface area contributed by atoms with Crippen molar-refractivity contribution in [3.05, 3.63) is 52.2 Å². The number of nitriles is 1. The second-order valence-electron chi connectivity index (χ2n) is 5.69. The molecule has 0 saturated carbocycles. The fraction of sp³-hybridized carbons (Fsp3) is 0.222. The van der Waals surface area contributed by atoms with E-state index in [4.69, 9.17) is 16.7 Å². The summed E-state index contributed by atoms with van der Waals surface area (Å²) in [7, 11) is 0. The van der Waals surface area contributed by atoms with Crippen LogP contribution in [0.2, 0.25) is 5.02 Å². The highest BCUT2D eigenvalue weighted by molar-refractivity contribution is 8.00. The molecular weight excluding hydrogens is 374 g/mol. The van der Waals surface area contributed by atoms with Crippen molar-refractivity contribution >= 4 is 40.9 Å². The smallest absolute Gasteiger partial charge is 0.337 e. The Morgan fingerprint density at radius 1 is 1.35 bits per heavy atom. The SMILES string of the molecule is CC(C)c1ccc(C#N)c(SCC(=O)Nc2ccc(Cl)c(C(=O)O)c2)n1. The summed E-state index contributed by atoms with van der Waals surface area (Å²) in [5.74, 6) is -1.27. The number of aromatic carboxylic acids is 1. The van der Waals surface area contributed by atoms with E-state index in [0.29, 0.717) is 16.3 Å². The maximum Gasteiger partial charge on any atom is 0.337 e. The van der Waals surface area contributed by atoms with E-state index in [1.54, 1.807) is 12.1 Å². The second-order valence-corrected chi connectivity index (χ2v) is 7.06. The van der Waals surface area contributed by atoms with Crippen LogP contribution in [-0.4, -0.2) is 27.7 Å². The summed E-state index contributed by atoms with van der Waals surface area (Å²) in [6.45, 7) is 3.99. The summed E-state index contributed by atoms with van der Waals surface area (Å²) in [4.78, 5) is 27.7. The number of carbonyl (C=O) groups is 2. The quantitative estimate of drug-likeness (QED) is 0.719. The lowest BCUT2D eigenvalue weighted by atomic mass is 10.1. The number of nitrogens with zero attached hydrogens (tertiary/aromatic N) is 2. The number of rotatable bonds is 6. The molecule has 1 amide bonds. The standard InChI is InChI=1S/C18H16ClN3O3S/c1-10(2)15-6-3-11(8-20)17(22-15)26-9-16(23)21-12-4-5-14(19)13(7-12)18(24)25/h3-7,10H,9H2,1-2H3,(H,21,23)(H,24,25). The number of benzene rings is 1. The maximum absolute atomic E-state index is 12.1. The number of carboxylic acid groups (broad SMARTS) is 1. The zero-order valence-electron chi connectivity index (χ0n) is 14.1. The molecule has 0 atom stereocenters. The molecule has 0 radical (unpaired) electrons. The molecule has 1 heterocycles. The van der Waals surface area contributed by atoms with Crippen molar-refractivity contribution < 1.29 is 14.7 Å². The Labute approximate surface area is 160 Å². The van der Waals surface area contributed by atoms with Crippen LogP contribution in [0.25, 0.3) is 0 Å². The van der Waals surface area contributed by atoms with Crippen LogP contribution in [-0.2, 0) is 4.79 Å². The Morgan fingerprint density at radius 2 is 2.08 bits per heavy atom. The van der Waals surface area contributed by atoms with Crippen molar-refractivity contribution in [2.75, 3.05) is 11.1 Å². The first-order chi connectivity index (χ1) is 12.3. The third kappa shape index (κ3) is 4.97. The van der Waals surface area contributed by atoms with Gasteiger partial charge in [-0.3, -0.25) is 4.79 Å². The molecule has 0 saturated heterocycles. The van der Waals surface area contributed by atoms with Gasteiger partial charge in [0.1, 0.15) is 11.1 Å². The second kappa shape index (κ2) is 8.70. The fourth-order valence-electron chi connectivity index (χ4n) is 2.07. The van der Waals surface area contributed by atoms with Crippen LogP contribution in [0.3, 0.4) is 0 Å². The van der Waals surface area contributed by atoms with Crippen LogP contribution in [0.15, 0.2) is 35.4 Å². The molecule has 0 spiro atoms. The van der Waals surface area contributed by atoms with Gasteiger partial charge in [-0.25, -0.2) is 9.78 Å². The molecule has 6 nitrogen and oxygen atoms in total. The molecule has 2 aromatic rings. The number of pyridine rings is 1. The lowest BCUT2D eigenvalue weighted by molar-refractivity contribution is -0.113. The molecule has 0 aliphatic rings. The highest BCUT2D eigenvalue weighted by atomic mass is 35.5. The number of thioether (sulfide) groups is 1. The molecule has 0 aliphatic carbocycles. The number of halogens is 1. The van der Waals surface area contributed by atoms with Crippen molar-refractivity contribution in [3.8, 4) is 6.07 Å². The van der Waals surface area contributed by atoms with E-state index in [1.165, 1.54) is 18.2 Å². The monoisotopic (exact) mass is 389 g/mol. The molecule has 1 aromatic heterocycles. The van der Waals surface area contributed by atoms with Crippen molar-refractivity contribution in [1.29, 1.82) is 5.26 Å². The van der Waals surface area contributed by atoms with Crippen LogP contribution in [0.1, 0.15) is 41.4 Å². The molecule has 0 unspecified atom stereocenters. The molecule has 134 valence electrons. The molecule has 2 rings (SSSR count). The minimum absolute atomic E-state index is 0.0360. The summed E-state index contributed by atoms with van der Waals surface area (Å²) < 4.78 is 0. The van der Waals surface area contributed by atoms with Gasteiger partial charge in [-0.1, -0.05) is 37.2 Å². The number of anilines is 1. The number of carbonyl (C=O) groups excluding carboxylic acids is 1. The topological polar surface area (TPSA) is 103 Å². The number of amides is 1. The van der Waals surface area contributed by atoms with Gasteiger partial charge in [-0.15, -0.1) is 0 Å². The summed E-state index contributed by atoms with van der Waals surface area (Å²) in [5.41, 5.74) is 1.50. The van der Waals surface area contributed by atoms with E-state index in [9.17, 15) is 14.9 Å². The maximum atomic E-state index is 12.1. The van der Waals surface area contributed by atoms with Gasteiger partial charge < -0.3 is 10.4 Å². The highest BCUT2D eigenvalue weighted by Gasteiger charge is 2.13. The summed E-state index contributed by atoms with van der Waals surface area (Å²) in [6, 6.07) is 9.79. The minimum atomic E-state index is -1.17. The highest BCUT2D eigenvalue weighted by Crippen LogP contribution is 2.24. The van der Waals surface area contributed by atoms with Crippen LogP contribution >= 0.6 is 23.4 Å². The zero-order chi connectivity index (χ0) is 19.3. The predicted octanol–water partition coefficient (Wildman–Crippen LogP) is 4.16. The Hall–Kier alpha value is -2.56. The number of hydrogen-bond acceptors (Lipinski definition) is 5. The normalized spacial score (nSPS) is 10.4. The molecular formula is C18H16ClN3O3S. The largest absolute Gasteiger partial charge is 0.478 e. The van der Waals surface area contributed by atoms with Gasteiger partial charge in [0.25, 0.3) is 0 Å². The fourth-order valence-corrected chi connectivity index (χ4v) is 3.05. The van der Waals surface area contributed by atoms with Gasteiger partial charge in [-0.2, -0.15) is 5.26 Å². The first-order valence-corrected chi connectivity index (χ1v) is 9.04. The Balaban J connectivity index is 2.08. The van der Waals surface area contributed by atoms with Gasteiger partial charge in [0.2, 0.25) is 5.91 Å². The van der Waals surface area contributed by atoms with Gasteiger partial charge in [0.15, 0.2) is 0 Å². The number of hydrogen-bond donors (Lipinski definition) is 2. The molecule has 2 N–H and O–H groups in total. The molecule has 8 heteroatoms. The minimum Gasteiger partial charge on any atom is -0.478 e. The Bertz CT molecular complexity index is 894. The van der Waals surface area contributed by atoms with Crippen molar-refractivity contribution in [1.82, 2.24) is 4.98 Å². The van der Waals surface area contributed by atoms with Crippen LogP contribution < -0.4 is 5.32 Å². The number of carboxylic acids is 1. The van der Waals surface area contributed by atoms with Crippen LogP contribution in [0, 0.1) is 11.3 Å². The van der Waals surface area contributed by atoms with Crippen molar-refractivity contribution in [2.45, 2.75) is 24.8 Å². The number of nitrogens with one attached hydrogen (secondary N) is 1. The summed E-state index contributed by atoms with van der Waals surface area (Å²) in [6.07, 6.45) is 0. The Kier molecular flexibility index (Phi) is 6.61. The molecule has 0 fully saturated rings. The van der Waals surface area contributed by atoms with Crippen molar-refractivity contribution in [3.63, 3.8) is 0 Å². The lowest BCUT2D eigenvalue weighted by Crippen LogP contribution is -2.15. The van der Waals surface area contributed by atoms with Gasteiger partial charge in [-0.05, 0) is 36.2 Å². The Morgan fingerprint density at radius 3 is 2.69 bits per heavy atom. The first-order valence-electron chi connectivity index (χ1n) is 7.68. The third-order valence-corrected chi connectivity index (χ3v) is 4.74. The van der Waals surface area contributed by atoms with E-state index < -0.39 is 5.97 Å². The van der Waals surface area contributed by atoms with Gasteiger partial charge in [0.05, 0.1) is 21.9 Å². The van der Waals surface area contributed by atoms with Gasteiger partial charge in [0, 0.05) is 11.4 Å². The summed E-state index contributed by atoms with van der Waals surface area (Å²) >= 11 is 6.96. The first kappa shape index (κ1) is 19.8. The zero-order valence-corrected chi connectivity index (χ0v) is 15.7. The average molecular weight is 390 g/mol. The van der Waals surface area contributed by atoms with E-state index in [0.717, 1.165) is 17.5 Å². The third-order valence-electron chi connectivity index (χ3n) is 3.41. The lowest BCUT2D eigenvalue weighted by Gasteiger charge is -2.09. The van der Waals surface area contributed by atoms with E-state index >= 15 is 0 Å². The van der Waals surface area contributed by atoms with E-state index in [2.05, 4.69) is 16.4 Å². The summed E-state index contributed by atoms with van der Waals surface area (Å²) in [5, 5.41) is 21.5. The van der Waals surface area contributed by atoms with Crippen LogP contribution in [0.5, 0.6) is 0 Å². The van der Waals surface area contributed by atoms with E-state index in [1.807, 2.05) is 13.8 Å². The van der Waals surface area contributed by atoms with E-state index in [-0.39, 0.29) is 28.2 Å². The molecule has 0 aliphatic heterocycles. The molecule has 1 aromatic carbocycles. The molecule has 26 heavy (non-hydrogen) atoms. The molecule has 0 bridgehead atoms. The average Bonchev–Trinajstić information content (AvgIpc) is 2.61. The van der Waals surface area contributed by atoms with Gasteiger partial charge >= 0.3 is 5.97 Å². The predicted molar refractivity (Wildman–Crippen MR) is 101 cm³/mol.